The summed E-state index contributed by atoms with van der Waals surface area (Å²) in [5, 5.41) is 21.7. The summed E-state index contributed by atoms with van der Waals surface area (Å²) in [6, 6.07) is 8.86. The number of carbonyl (C=O) groups is 1. The van der Waals surface area contributed by atoms with Crippen molar-refractivity contribution in [2.24, 2.45) is 0 Å². The monoisotopic (exact) mass is 349 g/mol. The maximum absolute atomic E-state index is 11.2. The molecule has 0 heterocycles. The predicted octanol–water partition coefficient (Wildman–Crippen LogP) is 3.38. The summed E-state index contributed by atoms with van der Waals surface area (Å²) in [6.45, 7) is 3.16. The predicted molar refractivity (Wildman–Crippen MR) is 103 cm³/mol. The normalized spacial score (nSPS) is 11.5. The van der Waals surface area contributed by atoms with E-state index >= 15 is 0 Å². The highest BCUT2D eigenvalue weighted by atomic mass is 16.3. The molecule has 4 nitrogen and oxygen atoms in total. The van der Waals surface area contributed by atoms with Gasteiger partial charge in [-0.25, -0.2) is 0 Å². The first-order chi connectivity index (χ1) is 12.0. The Kier molecular flexibility index (Phi) is 10.4. The maximum atomic E-state index is 11.2. The van der Waals surface area contributed by atoms with Crippen LogP contribution in [-0.4, -0.2) is 34.9 Å². The number of amides is 1. The van der Waals surface area contributed by atoms with Crippen molar-refractivity contribution >= 4 is 5.91 Å². The van der Waals surface area contributed by atoms with E-state index in [1.807, 2.05) is 0 Å². The topological polar surface area (TPSA) is 69.6 Å². The summed E-state index contributed by atoms with van der Waals surface area (Å²) in [4.78, 5) is 11.2. The third-order valence-corrected chi connectivity index (χ3v) is 4.76. The van der Waals surface area contributed by atoms with Gasteiger partial charge in [0, 0.05) is 6.92 Å². The zero-order valence-electron chi connectivity index (χ0n) is 15.9. The number of aliphatic hydroxyl groups is 2. The second-order valence-corrected chi connectivity index (χ2v) is 7.11. The first-order valence-corrected chi connectivity index (χ1v) is 9.63. The van der Waals surface area contributed by atoms with E-state index in [2.05, 4.69) is 36.5 Å². The molecule has 1 aromatic rings. The van der Waals surface area contributed by atoms with Crippen molar-refractivity contribution in [2.45, 2.75) is 77.2 Å². The van der Waals surface area contributed by atoms with Crippen LogP contribution in [0, 0.1) is 0 Å². The lowest BCUT2D eigenvalue weighted by Gasteiger charge is -2.30. The Labute approximate surface area is 152 Å². The van der Waals surface area contributed by atoms with Crippen molar-refractivity contribution in [3.63, 3.8) is 0 Å². The van der Waals surface area contributed by atoms with Gasteiger partial charge >= 0.3 is 0 Å². The van der Waals surface area contributed by atoms with E-state index in [4.69, 9.17) is 0 Å². The van der Waals surface area contributed by atoms with E-state index in [0.29, 0.717) is 6.42 Å². The van der Waals surface area contributed by atoms with Gasteiger partial charge in [-0.1, -0.05) is 56.9 Å². The van der Waals surface area contributed by atoms with Gasteiger partial charge in [0.05, 0.1) is 18.8 Å². The lowest BCUT2D eigenvalue weighted by molar-refractivity contribution is -0.122. The zero-order chi connectivity index (χ0) is 18.5. The number of aliphatic hydroxyl groups excluding tert-OH is 2. The molecule has 1 aromatic carbocycles. The van der Waals surface area contributed by atoms with E-state index < -0.39 is 5.54 Å². The summed E-state index contributed by atoms with van der Waals surface area (Å²) >= 11 is 0. The van der Waals surface area contributed by atoms with Gasteiger partial charge in [0.25, 0.3) is 0 Å². The lowest BCUT2D eigenvalue weighted by Crippen LogP contribution is -2.53. The molecule has 0 aliphatic rings. The molecule has 4 heteroatoms. The summed E-state index contributed by atoms with van der Waals surface area (Å²) in [5.41, 5.74) is 1.83. The van der Waals surface area contributed by atoms with Crippen LogP contribution < -0.4 is 5.32 Å². The highest BCUT2D eigenvalue weighted by Crippen LogP contribution is 2.16. The summed E-state index contributed by atoms with van der Waals surface area (Å²) in [6.07, 6.45) is 9.70. The molecule has 142 valence electrons. The van der Waals surface area contributed by atoms with Crippen LogP contribution in [0.1, 0.15) is 69.9 Å². The number of aryl methyl sites for hydroxylation is 2. The Bertz CT molecular complexity index is 480. The fraction of sp³-hybridized carbons (Fsp3) is 0.667. The summed E-state index contributed by atoms with van der Waals surface area (Å²) in [7, 11) is 0. The molecule has 0 radical (unpaired) electrons. The van der Waals surface area contributed by atoms with E-state index in [9.17, 15) is 15.0 Å². The van der Waals surface area contributed by atoms with E-state index in [1.165, 1.54) is 43.7 Å². The molecule has 0 aliphatic carbocycles. The quantitative estimate of drug-likeness (QED) is 0.478. The molecule has 0 fully saturated rings. The first kappa shape index (κ1) is 21.7. The molecule has 25 heavy (non-hydrogen) atoms. The van der Waals surface area contributed by atoms with Crippen molar-refractivity contribution in [2.75, 3.05) is 13.2 Å². The fourth-order valence-corrected chi connectivity index (χ4v) is 3.14. The van der Waals surface area contributed by atoms with Gasteiger partial charge in [0.15, 0.2) is 0 Å². The molecule has 1 rings (SSSR count). The molecule has 3 N–H and O–H groups in total. The van der Waals surface area contributed by atoms with E-state index in [1.54, 1.807) is 0 Å². The van der Waals surface area contributed by atoms with Crippen LogP contribution in [0.3, 0.4) is 0 Å². The van der Waals surface area contributed by atoms with Gasteiger partial charge in [0.2, 0.25) is 5.91 Å². The number of nitrogens with one attached hydrogen (secondary N) is 1. The Hall–Kier alpha value is -1.39. The molecule has 0 atom stereocenters. The lowest BCUT2D eigenvalue weighted by atomic mass is 9.92. The summed E-state index contributed by atoms with van der Waals surface area (Å²) < 4.78 is 0. The molecule has 0 unspecified atom stereocenters. The molecule has 0 spiro atoms. The summed E-state index contributed by atoms with van der Waals surface area (Å²) in [5.74, 6) is -0.224. The largest absolute Gasteiger partial charge is 0.394 e. The first-order valence-electron chi connectivity index (χ1n) is 9.63. The van der Waals surface area contributed by atoms with Gasteiger partial charge in [-0.15, -0.1) is 0 Å². The van der Waals surface area contributed by atoms with Crippen LogP contribution in [-0.2, 0) is 17.6 Å². The van der Waals surface area contributed by atoms with Crippen LogP contribution in [0.2, 0.25) is 0 Å². The van der Waals surface area contributed by atoms with Crippen LogP contribution in [0.5, 0.6) is 0 Å². The molecule has 0 aliphatic heterocycles. The third-order valence-electron chi connectivity index (χ3n) is 4.76. The molecule has 0 saturated carbocycles. The van der Waals surface area contributed by atoms with Crippen LogP contribution >= 0.6 is 0 Å². The van der Waals surface area contributed by atoms with Gasteiger partial charge in [-0.3, -0.25) is 4.79 Å². The van der Waals surface area contributed by atoms with Gasteiger partial charge in [-0.2, -0.15) is 0 Å². The average molecular weight is 350 g/mol. The Morgan fingerprint density at radius 3 is 1.88 bits per heavy atom. The van der Waals surface area contributed by atoms with E-state index in [-0.39, 0.29) is 19.1 Å². The van der Waals surface area contributed by atoms with Crippen LogP contribution in [0.4, 0.5) is 0 Å². The highest BCUT2D eigenvalue weighted by molar-refractivity contribution is 5.73. The molecule has 1 amide bonds. The standard InChI is InChI=1S/C21H35NO3/c1-3-4-5-6-9-19-11-13-20(14-12-19)10-7-8-15-21(16-23,17-24)22-18(2)25/h11-14,23-24H,3-10,15-17H2,1-2H3,(H,22,25). The average Bonchev–Trinajstić information content (AvgIpc) is 2.62. The Morgan fingerprint density at radius 1 is 0.920 bits per heavy atom. The Balaban J connectivity index is 2.34. The van der Waals surface area contributed by atoms with Crippen LogP contribution in [0.15, 0.2) is 24.3 Å². The number of unbranched alkanes of at least 4 members (excludes halogenated alkanes) is 4. The second-order valence-electron chi connectivity index (χ2n) is 7.11. The number of benzene rings is 1. The zero-order valence-corrected chi connectivity index (χ0v) is 15.9. The molecule has 0 bridgehead atoms. The molecular formula is C21H35NO3. The molecular weight excluding hydrogens is 314 g/mol. The van der Waals surface area contributed by atoms with Crippen molar-refractivity contribution in [1.29, 1.82) is 0 Å². The minimum atomic E-state index is -0.895. The van der Waals surface area contributed by atoms with Crippen molar-refractivity contribution in [1.82, 2.24) is 5.32 Å². The number of hydrogen-bond donors (Lipinski definition) is 3. The fourth-order valence-electron chi connectivity index (χ4n) is 3.14. The van der Waals surface area contributed by atoms with Gasteiger partial charge < -0.3 is 15.5 Å². The van der Waals surface area contributed by atoms with Crippen LogP contribution in [0.25, 0.3) is 0 Å². The second kappa shape index (κ2) is 12.0. The van der Waals surface area contributed by atoms with Crippen molar-refractivity contribution in [3.05, 3.63) is 35.4 Å². The van der Waals surface area contributed by atoms with Gasteiger partial charge in [-0.05, 0) is 43.2 Å². The maximum Gasteiger partial charge on any atom is 0.217 e. The third kappa shape index (κ3) is 8.50. The molecule has 0 aromatic heterocycles. The van der Waals surface area contributed by atoms with Crippen molar-refractivity contribution in [3.8, 4) is 0 Å². The van der Waals surface area contributed by atoms with Crippen molar-refractivity contribution < 1.29 is 15.0 Å². The smallest absolute Gasteiger partial charge is 0.217 e. The number of carbonyl (C=O) groups excluding carboxylic acids is 1. The minimum Gasteiger partial charge on any atom is -0.394 e. The number of rotatable bonds is 13. The minimum absolute atomic E-state index is 0.224. The molecule has 0 saturated heterocycles. The Morgan fingerprint density at radius 2 is 1.44 bits per heavy atom. The van der Waals surface area contributed by atoms with E-state index in [0.717, 1.165) is 25.7 Å². The number of hydrogen-bond acceptors (Lipinski definition) is 3. The van der Waals surface area contributed by atoms with Gasteiger partial charge in [0.1, 0.15) is 0 Å². The highest BCUT2D eigenvalue weighted by Gasteiger charge is 2.28. The SMILES string of the molecule is CCCCCCc1ccc(CCCCC(CO)(CO)NC(C)=O)cc1.